The molecule has 3 nitrogen and oxygen atoms in total. The number of para-hydroxylation sites is 3. The zero-order valence-corrected chi connectivity index (χ0v) is 31.2. The second-order valence-electron chi connectivity index (χ2n) is 15.1. The maximum atomic E-state index is 6.51. The van der Waals surface area contributed by atoms with Gasteiger partial charge in [0.05, 0.1) is 17.1 Å². The topological polar surface area (TPSA) is 15.7 Å². The van der Waals surface area contributed by atoms with Crippen LogP contribution < -0.4 is 14.5 Å². The molecule has 10 rings (SSSR count). The third-order valence-corrected chi connectivity index (χ3v) is 11.3. The number of fused-ring (bicyclic) bond motifs is 4. The first kappa shape index (κ1) is 32.8. The quantitative estimate of drug-likeness (QED) is 0.171. The van der Waals surface area contributed by atoms with E-state index >= 15 is 0 Å². The number of ether oxygens (including phenoxy) is 1. The van der Waals surface area contributed by atoms with Crippen LogP contribution in [0, 0.1) is 6.92 Å². The Bertz CT molecular complexity index is 2720. The van der Waals surface area contributed by atoms with E-state index < -0.39 is 0 Å². The van der Waals surface area contributed by atoms with E-state index in [0.717, 1.165) is 39.9 Å². The van der Waals surface area contributed by atoms with Gasteiger partial charge in [0.25, 0.3) is 0 Å². The Morgan fingerprint density at radius 3 is 1.69 bits per heavy atom. The maximum Gasteiger partial charge on any atom is 0.151 e. The van der Waals surface area contributed by atoms with Crippen LogP contribution in [0.25, 0.3) is 33.4 Å². The Kier molecular flexibility index (Phi) is 7.71. The van der Waals surface area contributed by atoms with Gasteiger partial charge in [-0.1, -0.05) is 135 Å². The van der Waals surface area contributed by atoms with Gasteiger partial charge in [0.1, 0.15) is 0 Å². The monoisotopic (exact) mass is 708 g/mol. The number of benzene rings is 8. The summed E-state index contributed by atoms with van der Waals surface area (Å²) < 4.78 is 6.51. The Morgan fingerprint density at radius 1 is 0.418 bits per heavy atom. The molecule has 0 fully saturated rings. The Labute approximate surface area is 323 Å². The minimum Gasteiger partial charge on any atom is -0.453 e. The van der Waals surface area contributed by atoms with Crippen molar-refractivity contribution in [2.24, 2.45) is 0 Å². The lowest BCUT2D eigenvalue weighted by Gasteiger charge is -2.45. The summed E-state index contributed by atoms with van der Waals surface area (Å²) in [7, 11) is 0. The Balaban J connectivity index is 1.03. The van der Waals surface area contributed by atoms with Gasteiger partial charge < -0.3 is 14.5 Å². The lowest BCUT2D eigenvalue weighted by molar-refractivity contribution is 0.471. The second-order valence-corrected chi connectivity index (χ2v) is 15.1. The highest BCUT2D eigenvalue weighted by Gasteiger charge is 2.42. The Hall–Kier alpha value is -6.84. The number of nitrogens with zero attached hydrogens (tertiary/aromatic N) is 2. The first-order chi connectivity index (χ1) is 26.9. The van der Waals surface area contributed by atoms with Crippen molar-refractivity contribution in [1.82, 2.24) is 0 Å². The molecule has 0 aromatic heterocycles. The number of aryl methyl sites for hydroxylation is 1. The number of hydrogen-bond acceptors (Lipinski definition) is 3. The smallest absolute Gasteiger partial charge is 0.151 e. The van der Waals surface area contributed by atoms with Gasteiger partial charge in [-0.2, -0.15) is 0 Å². The van der Waals surface area contributed by atoms with Gasteiger partial charge in [-0.3, -0.25) is 0 Å². The highest BCUT2D eigenvalue weighted by molar-refractivity contribution is 5.95. The highest BCUT2D eigenvalue weighted by atomic mass is 16.5. The van der Waals surface area contributed by atoms with Gasteiger partial charge in [0.15, 0.2) is 11.5 Å². The van der Waals surface area contributed by atoms with Crippen molar-refractivity contribution in [2.45, 2.75) is 26.2 Å². The predicted molar refractivity (Wildman–Crippen MR) is 229 cm³/mol. The summed E-state index contributed by atoms with van der Waals surface area (Å²) in [6, 6.07) is 67.7. The Morgan fingerprint density at radius 2 is 0.945 bits per heavy atom. The molecular weight excluding hydrogens is 669 g/mol. The van der Waals surface area contributed by atoms with E-state index in [4.69, 9.17) is 4.74 Å². The average Bonchev–Trinajstić information content (AvgIpc) is 3.23. The zero-order chi connectivity index (χ0) is 37.1. The summed E-state index contributed by atoms with van der Waals surface area (Å²) in [5.74, 6) is 1.80. The fraction of sp³-hybridized carbons (Fsp3) is 0.0769. The standard InChI is InChI=1S/C52H40N2O/c1-35-14-10-24-48-50(35)54-47-31-28-41(34-46(47)52(2,3)45-23-13-25-49(55-48)51(45)54)39-18-11-17-38(32-39)40-19-12-22-44(33-40)53(42-20-8-5-9-21-42)43-29-26-37(27-30-43)36-15-6-4-7-16-36/h4-34H,1-3H3. The van der Waals surface area contributed by atoms with E-state index in [2.05, 4.69) is 219 Å². The number of rotatable bonds is 6. The summed E-state index contributed by atoms with van der Waals surface area (Å²) >= 11 is 0. The molecule has 0 saturated carbocycles. The molecule has 0 unspecified atom stereocenters. The van der Waals surface area contributed by atoms with E-state index in [9.17, 15) is 0 Å². The molecule has 0 spiro atoms. The lowest BCUT2D eigenvalue weighted by Crippen LogP contribution is -2.32. The molecule has 0 N–H and O–H groups in total. The van der Waals surface area contributed by atoms with Crippen LogP contribution in [0.3, 0.4) is 0 Å². The van der Waals surface area contributed by atoms with Gasteiger partial charge in [-0.15, -0.1) is 0 Å². The molecule has 0 bridgehead atoms. The molecule has 0 atom stereocenters. The molecule has 0 amide bonds. The van der Waals surface area contributed by atoms with E-state index in [1.165, 1.54) is 55.8 Å². The van der Waals surface area contributed by atoms with Crippen LogP contribution in [-0.4, -0.2) is 0 Å². The normalized spacial score (nSPS) is 13.3. The molecule has 2 heterocycles. The molecule has 2 aliphatic heterocycles. The van der Waals surface area contributed by atoms with Crippen molar-refractivity contribution in [3.8, 4) is 44.9 Å². The summed E-state index contributed by atoms with van der Waals surface area (Å²) in [4.78, 5) is 4.77. The van der Waals surface area contributed by atoms with Crippen LogP contribution in [0.2, 0.25) is 0 Å². The summed E-state index contributed by atoms with van der Waals surface area (Å²) in [5, 5.41) is 0. The third kappa shape index (κ3) is 5.51. The molecule has 0 aliphatic carbocycles. The van der Waals surface area contributed by atoms with Crippen molar-refractivity contribution in [2.75, 3.05) is 9.80 Å². The van der Waals surface area contributed by atoms with Crippen LogP contribution in [0.5, 0.6) is 11.5 Å². The molecule has 3 heteroatoms. The number of anilines is 6. The molecule has 8 aromatic rings. The largest absolute Gasteiger partial charge is 0.453 e. The van der Waals surface area contributed by atoms with Crippen LogP contribution in [0.15, 0.2) is 188 Å². The maximum absolute atomic E-state index is 6.51. The van der Waals surface area contributed by atoms with Crippen molar-refractivity contribution < 1.29 is 4.74 Å². The molecule has 0 saturated heterocycles. The third-order valence-electron chi connectivity index (χ3n) is 11.3. The van der Waals surface area contributed by atoms with Gasteiger partial charge >= 0.3 is 0 Å². The minimum atomic E-state index is -0.233. The average molecular weight is 709 g/mol. The molecular formula is C52H40N2O. The van der Waals surface area contributed by atoms with Crippen LogP contribution in [-0.2, 0) is 5.41 Å². The van der Waals surface area contributed by atoms with Gasteiger partial charge in [0, 0.05) is 22.5 Å². The SMILES string of the molecule is Cc1cccc2c1N1c3ccc(-c4cccc(-c5cccc(N(c6ccccc6)c6ccc(-c7ccccc7)cc6)c5)c4)cc3C(C)(C)c3cccc(c31)O2. The number of hydrogen-bond donors (Lipinski definition) is 0. The second kappa shape index (κ2) is 12.9. The summed E-state index contributed by atoms with van der Waals surface area (Å²) in [6.45, 7) is 6.85. The van der Waals surface area contributed by atoms with Crippen molar-refractivity contribution in [3.63, 3.8) is 0 Å². The minimum absolute atomic E-state index is 0.233. The molecule has 264 valence electrons. The van der Waals surface area contributed by atoms with Crippen molar-refractivity contribution in [1.29, 1.82) is 0 Å². The molecule has 55 heavy (non-hydrogen) atoms. The van der Waals surface area contributed by atoms with Crippen molar-refractivity contribution in [3.05, 3.63) is 205 Å². The lowest BCUT2D eigenvalue weighted by atomic mass is 9.72. The summed E-state index contributed by atoms with van der Waals surface area (Å²) in [6.07, 6.45) is 0. The van der Waals surface area contributed by atoms with Crippen molar-refractivity contribution >= 4 is 34.1 Å². The predicted octanol–water partition coefficient (Wildman–Crippen LogP) is 14.7. The highest BCUT2D eigenvalue weighted by Crippen LogP contribution is 2.60. The van der Waals surface area contributed by atoms with E-state index in [-0.39, 0.29) is 5.41 Å². The van der Waals surface area contributed by atoms with E-state index in [0.29, 0.717) is 0 Å². The van der Waals surface area contributed by atoms with Crippen LogP contribution in [0.4, 0.5) is 34.1 Å². The summed E-state index contributed by atoms with van der Waals surface area (Å²) in [5.41, 5.74) is 17.5. The fourth-order valence-corrected chi connectivity index (χ4v) is 8.53. The molecule has 2 aliphatic rings. The van der Waals surface area contributed by atoms with E-state index in [1.807, 2.05) is 0 Å². The van der Waals surface area contributed by atoms with Crippen LogP contribution in [0.1, 0.15) is 30.5 Å². The van der Waals surface area contributed by atoms with Gasteiger partial charge in [0.2, 0.25) is 0 Å². The zero-order valence-electron chi connectivity index (χ0n) is 31.2. The first-order valence-electron chi connectivity index (χ1n) is 19.0. The fourth-order valence-electron chi connectivity index (χ4n) is 8.53. The van der Waals surface area contributed by atoms with Gasteiger partial charge in [-0.25, -0.2) is 0 Å². The van der Waals surface area contributed by atoms with Crippen LogP contribution >= 0.6 is 0 Å². The van der Waals surface area contributed by atoms with Gasteiger partial charge in [-0.05, 0) is 124 Å². The molecule has 8 aromatic carbocycles. The first-order valence-corrected chi connectivity index (χ1v) is 19.0. The molecule has 0 radical (unpaired) electrons. The van der Waals surface area contributed by atoms with E-state index in [1.54, 1.807) is 0 Å².